The van der Waals surface area contributed by atoms with E-state index < -0.39 is 36.8 Å². The summed E-state index contributed by atoms with van der Waals surface area (Å²) in [7, 11) is -0.991. The van der Waals surface area contributed by atoms with E-state index in [1.165, 1.54) is 6.20 Å². The van der Waals surface area contributed by atoms with Gasteiger partial charge in [-0.1, -0.05) is 29.8 Å². The fourth-order valence-corrected chi connectivity index (χ4v) is 8.86. The Hall–Kier alpha value is -6.07. The van der Waals surface area contributed by atoms with Crippen molar-refractivity contribution in [2.75, 3.05) is 100 Å². The normalized spacial score (nSPS) is 16.5. The van der Waals surface area contributed by atoms with E-state index in [0.29, 0.717) is 84.9 Å². The number of aromatic nitrogens is 2. The maximum Gasteiger partial charge on any atom is 0.264 e. The second-order valence-electron chi connectivity index (χ2n) is 15.3. The Balaban J connectivity index is 0.803. The van der Waals surface area contributed by atoms with Crippen LogP contribution in [0.4, 0.5) is 34.5 Å². The molecule has 20 heteroatoms. The molecule has 3 aliphatic rings. The van der Waals surface area contributed by atoms with Crippen molar-refractivity contribution in [1.82, 2.24) is 25.1 Å². The number of amides is 5. The number of nitrogens with zero attached hydrogens (tertiary/aromatic N) is 5. The van der Waals surface area contributed by atoms with Crippen molar-refractivity contribution in [3.05, 3.63) is 83.0 Å². The van der Waals surface area contributed by atoms with Crippen molar-refractivity contribution in [2.24, 2.45) is 0 Å². The summed E-state index contributed by atoms with van der Waals surface area (Å²) in [5.41, 5.74) is 3.07. The SMILES string of the molecule is COc1cc(N2CCN(C(=O)CCOCCOCCNc3cccc4c3C(=O)N(C3CCC(=O)NC3=O)C4=O)CC2)ccc1Nc1ncc(Cl)c(Nc2ccccc2P(C)(C)=O)n1. The van der Waals surface area contributed by atoms with Crippen LogP contribution in [-0.4, -0.2) is 135 Å². The molecule has 1 aromatic heterocycles. The Morgan fingerprint density at radius 2 is 1.63 bits per heavy atom. The highest BCUT2D eigenvalue weighted by Crippen LogP contribution is 2.39. The van der Waals surface area contributed by atoms with Gasteiger partial charge in [0.25, 0.3) is 11.8 Å². The Labute approximate surface area is 369 Å². The summed E-state index contributed by atoms with van der Waals surface area (Å²) in [6.07, 6.45) is 1.86. The first-order valence-electron chi connectivity index (χ1n) is 20.5. The molecule has 1 atom stereocenters. The van der Waals surface area contributed by atoms with Gasteiger partial charge in [-0.05, 0) is 56.1 Å². The smallest absolute Gasteiger partial charge is 0.264 e. The lowest BCUT2D eigenvalue weighted by molar-refractivity contribution is -0.136. The third kappa shape index (κ3) is 10.6. The van der Waals surface area contributed by atoms with Crippen LogP contribution < -0.4 is 36.2 Å². The van der Waals surface area contributed by atoms with Crippen LogP contribution in [0.2, 0.25) is 5.02 Å². The first-order chi connectivity index (χ1) is 30.3. The predicted octanol–water partition coefficient (Wildman–Crippen LogP) is 4.46. The molecule has 2 fully saturated rings. The van der Waals surface area contributed by atoms with Crippen molar-refractivity contribution in [1.29, 1.82) is 0 Å². The molecule has 0 radical (unpaired) electrons. The van der Waals surface area contributed by atoms with Gasteiger partial charge in [0.2, 0.25) is 23.7 Å². The number of fused-ring (bicyclic) bond motifs is 1. The number of anilines is 6. The number of piperazine rings is 1. The first-order valence-corrected chi connectivity index (χ1v) is 23.5. The maximum absolute atomic E-state index is 13.3. The number of methoxy groups -OCH3 is 1. The second-order valence-corrected chi connectivity index (χ2v) is 18.9. The minimum absolute atomic E-state index is 0.00945. The first kappa shape index (κ1) is 45.0. The summed E-state index contributed by atoms with van der Waals surface area (Å²) >= 11 is 6.44. The minimum atomic E-state index is -2.57. The van der Waals surface area contributed by atoms with Gasteiger partial charge in [0, 0.05) is 61.9 Å². The number of imide groups is 2. The molecule has 7 rings (SSSR count). The molecule has 0 aliphatic carbocycles. The summed E-state index contributed by atoms with van der Waals surface area (Å²) in [4.78, 5) is 77.1. The number of hydrogen-bond acceptors (Lipinski definition) is 15. The molecule has 1 unspecified atom stereocenters. The summed E-state index contributed by atoms with van der Waals surface area (Å²) < 4.78 is 29.9. The molecule has 3 aromatic carbocycles. The molecule has 0 spiro atoms. The molecule has 332 valence electrons. The molecule has 4 N–H and O–H groups in total. The fraction of sp³-hybridized carbons (Fsp3) is 0.372. The van der Waals surface area contributed by atoms with E-state index >= 15 is 0 Å². The van der Waals surface area contributed by atoms with Crippen molar-refractivity contribution >= 4 is 88.1 Å². The number of ether oxygens (including phenoxy) is 3. The van der Waals surface area contributed by atoms with E-state index in [1.807, 2.05) is 47.4 Å². The molecular weight excluding hydrogens is 853 g/mol. The van der Waals surface area contributed by atoms with Crippen LogP contribution in [0.15, 0.2) is 66.9 Å². The highest BCUT2D eigenvalue weighted by Gasteiger charge is 2.45. The number of carbonyl (C=O) groups is 5. The number of piperidine rings is 1. The zero-order chi connectivity index (χ0) is 44.7. The molecule has 0 saturated carbocycles. The molecule has 4 heterocycles. The van der Waals surface area contributed by atoms with Crippen LogP contribution in [0, 0.1) is 0 Å². The van der Waals surface area contributed by atoms with Gasteiger partial charge in [-0.3, -0.25) is 34.2 Å². The van der Waals surface area contributed by atoms with Crippen LogP contribution >= 0.6 is 18.7 Å². The lowest BCUT2D eigenvalue weighted by atomic mass is 10.0. The average Bonchev–Trinajstić information content (AvgIpc) is 3.52. The Kier molecular flexibility index (Phi) is 14.3. The van der Waals surface area contributed by atoms with Gasteiger partial charge in [0.1, 0.15) is 24.0 Å². The van der Waals surface area contributed by atoms with Crippen LogP contribution in [0.5, 0.6) is 5.75 Å². The lowest BCUT2D eigenvalue weighted by Crippen LogP contribution is -2.54. The van der Waals surface area contributed by atoms with Crippen LogP contribution in [0.1, 0.15) is 40.0 Å². The molecule has 4 aromatic rings. The zero-order valence-electron chi connectivity index (χ0n) is 35.1. The van der Waals surface area contributed by atoms with Gasteiger partial charge in [0.05, 0.1) is 68.7 Å². The fourth-order valence-electron chi connectivity index (χ4n) is 7.57. The number of nitrogens with one attached hydrogen (secondary N) is 4. The van der Waals surface area contributed by atoms with E-state index in [4.69, 9.17) is 25.8 Å². The third-order valence-electron chi connectivity index (χ3n) is 10.8. The average molecular weight is 902 g/mol. The molecule has 18 nitrogen and oxygen atoms in total. The highest BCUT2D eigenvalue weighted by molar-refractivity contribution is 7.70. The topological polar surface area (TPSA) is 214 Å². The van der Waals surface area contributed by atoms with Gasteiger partial charge in [-0.25, -0.2) is 4.98 Å². The summed E-state index contributed by atoms with van der Waals surface area (Å²) in [6, 6.07) is 17.0. The molecular formula is C43H49ClN9O9P. The molecule has 2 saturated heterocycles. The van der Waals surface area contributed by atoms with Gasteiger partial charge < -0.3 is 44.5 Å². The van der Waals surface area contributed by atoms with Gasteiger partial charge in [-0.2, -0.15) is 4.98 Å². The highest BCUT2D eigenvalue weighted by atomic mass is 35.5. The molecule has 0 bridgehead atoms. The minimum Gasteiger partial charge on any atom is -0.494 e. The Morgan fingerprint density at radius 3 is 2.38 bits per heavy atom. The van der Waals surface area contributed by atoms with Gasteiger partial charge in [0.15, 0.2) is 5.82 Å². The quantitative estimate of drug-likeness (QED) is 0.0617. The summed E-state index contributed by atoms with van der Waals surface area (Å²) in [5, 5.41) is 12.7. The van der Waals surface area contributed by atoms with Crippen LogP contribution in [-0.2, 0) is 28.4 Å². The van der Waals surface area contributed by atoms with Crippen molar-refractivity contribution in [3.63, 3.8) is 0 Å². The lowest BCUT2D eigenvalue weighted by Gasteiger charge is -2.36. The molecule has 63 heavy (non-hydrogen) atoms. The number of carbonyl (C=O) groups excluding carboxylic acids is 5. The van der Waals surface area contributed by atoms with E-state index in [-0.39, 0.29) is 55.5 Å². The maximum atomic E-state index is 13.3. The van der Waals surface area contributed by atoms with E-state index in [0.717, 1.165) is 10.6 Å². The number of benzene rings is 3. The third-order valence-corrected chi connectivity index (χ3v) is 12.6. The standard InChI is InChI=1S/C43H49ClN9O9P/c1-60-34-25-27(11-12-30(34)48-43-46-26-29(44)39(50-43)47-31-8-4-5-10-35(31)63(2,3)59)51-17-19-52(20-18-51)37(55)15-21-61-23-24-62-22-16-45-32-9-6-7-28-38(32)42(58)53(41(28)57)33-13-14-36(54)49-40(33)56/h4-12,25-26,33,45H,13-24H2,1-3H3,(H,49,54,56)(H2,46,47,48,50). The van der Waals surface area contributed by atoms with E-state index in [2.05, 4.69) is 36.1 Å². The van der Waals surface area contributed by atoms with Crippen LogP contribution in [0.3, 0.4) is 0 Å². The predicted molar refractivity (Wildman–Crippen MR) is 239 cm³/mol. The largest absolute Gasteiger partial charge is 0.494 e. The number of hydrogen-bond donors (Lipinski definition) is 4. The number of rotatable bonds is 18. The Morgan fingerprint density at radius 1 is 0.889 bits per heavy atom. The molecule has 3 aliphatic heterocycles. The van der Waals surface area contributed by atoms with Crippen molar-refractivity contribution < 1.29 is 42.7 Å². The number of halogens is 1. The van der Waals surface area contributed by atoms with Gasteiger partial charge in [-0.15, -0.1) is 0 Å². The van der Waals surface area contributed by atoms with Gasteiger partial charge >= 0.3 is 0 Å². The van der Waals surface area contributed by atoms with E-state index in [1.54, 1.807) is 38.6 Å². The number of para-hydroxylation sites is 1. The van der Waals surface area contributed by atoms with Crippen LogP contribution in [0.25, 0.3) is 0 Å². The van der Waals surface area contributed by atoms with E-state index in [9.17, 15) is 28.5 Å². The Bertz CT molecular complexity index is 2440. The van der Waals surface area contributed by atoms with Crippen molar-refractivity contribution in [2.45, 2.75) is 25.3 Å². The monoisotopic (exact) mass is 901 g/mol. The molecule has 5 amide bonds. The second kappa shape index (κ2) is 20.0. The zero-order valence-corrected chi connectivity index (χ0v) is 36.8. The summed E-state index contributed by atoms with van der Waals surface area (Å²) in [5.74, 6) is -1.01. The van der Waals surface area contributed by atoms with Crippen molar-refractivity contribution in [3.8, 4) is 5.75 Å². The summed E-state index contributed by atoms with van der Waals surface area (Å²) in [6.45, 7) is 7.27.